The number of hydrogen-bond donors (Lipinski definition) is 1. The molecule has 1 aromatic heterocycles. The number of amides is 1. The molecule has 1 aliphatic rings. The van der Waals surface area contributed by atoms with Crippen LogP contribution in [0.1, 0.15) is 35.3 Å². The third kappa shape index (κ3) is 5.34. The fraction of sp³-hybridized carbons (Fsp3) is 0.350. The minimum absolute atomic E-state index is 0.240. The SMILES string of the molecule is N#Cc1c(NC(=O)COC(=O)CCSc2ccccc2)sc2c1CCCC2. The Hall–Kier alpha value is -2.30. The number of carbonyl (C=O) groups excluding carboxylic acids is 2. The molecule has 0 atom stereocenters. The van der Waals surface area contributed by atoms with Crippen LogP contribution in [0.5, 0.6) is 0 Å². The van der Waals surface area contributed by atoms with E-state index in [2.05, 4.69) is 11.4 Å². The molecule has 0 aliphatic heterocycles. The van der Waals surface area contributed by atoms with E-state index in [0.29, 0.717) is 16.3 Å². The van der Waals surface area contributed by atoms with Gasteiger partial charge in [-0.1, -0.05) is 18.2 Å². The summed E-state index contributed by atoms with van der Waals surface area (Å²) in [4.78, 5) is 26.2. The highest BCUT2D eigenvalue weighted by Crippen LogP contribution is 2.37. The molecule has 0 radical (unpaired) electrons. The smallest absolute Gasteiger partial charge is 0.307 e. The first-order valence-corrected chi connectivity index (χ1v) is 10.7. The predicted octanol–water partition coefficient (Wildman–Crippen LogP) is 4.16. The van der Waals surface area contributed by atoms with Crippen molar-refractivity contribution in [1.29, 1.82) is 5.26 Å². The van der Waals surface area contributed by atoms with Crippen molar-refractivity contribution in [1.82, 2.24) is 0 Å². The Morgan fingerprint density at radius 2 is 2.00 bits per heavy atom. The fourth-order valence-corrected chi connectivity index (χ4v) is 5.03. The van der Waals surface area contributed by atoms with Crippen molar-refractivity contribution in [2.24, 2.45) is 0 Å². The number of carbonyl (C=O) groups is 2. The van der Waals surface area contributed by atoms with Crippen LogP contribution in [0.3, 0.4) is 0 Å². The lowest BCUT2D eigenvalue weighted by molar-refractivity contribution is -0.146. The van der Waals surface area contributed by atoms with E-state index in [1.165, 1.54) is 16.2 Å². The number of fused-ring (bicyclic) bond motifs is 1. The van der Waals surface area contributed by atoms with Gasteiger partial charge in [-0.25, -0.2) is 0 Å². The summed E-state index contributed by atoms with van der Waals surface area (Å²) in [6.45, 7) is -0.331. The Morgan fingerprint density at radius 1 is 1.22 bits per heavy atom. The number of nitrogens with zero attached hydrogens (tertiary/aromatic N) is 1. The monoisotopic (exact) mass is 400 g/mol. The molecule has 1 N–H and O–H groups in total. The van der Waals surface area contributed by atoms with E-state index in [9.17, 15) is 14.9 Å². The molecule has 0 saturated carbocycles. The Morgan fingerprint density at radius 3 is 2.78 bits per heavy atom. The molecule has 0 unspecified atom stereocenters. The molecule has 2 aromatic rings. The van der Waals surface area contributed by atoms with Crippen LogP contribution in [-0.4, -0.2) is 24.2 Å². The zero-order valence-corrected chi connectivity index (χ0v) is 16.5. The Balaban J connectivity index is 1.44. The van der Waals surface area contributed by atoms with E-state index in [0.717, 1.165) is 36.1 Å². The summed E-state index contributed by atoms with van der Waals surface area (Å²) in [6, 6.07) is 12.0. The highest BCUT2D eigenvalue weighted by molar-refractivity contribution is 7.99. The lowest BCUT2D eigenvalue weighted by Crippen LogP contribution is -2.21. The van der Waals surface area contributed by atoms with E-state index >= 15 is 0 Å². The standard InChI is InChI=1S/C20H20N2O3S2/c21-12-16-15-8-4-5-9-17(15)27-20(16)22-18(23)13-25-19(24)10-11-26-14-6-2-1-3-7-14/h1-3,6-7H,4-5,8-11,13H2,(H,22,23). The van der Waals surface area contributed by atoms with Crippen molar-refractivity contribution >= 4 is 40.0 Å². The van der Waals surface area contributed by atoms with Gasteiger partial charge in [-0.05, 0) is 43.4 Å². The second-order valence-corrected chi connectivity index (χ2v) is 8.42. The van der Waals surface area contributed by atoms with E-state index in [1.807, 2.05) is 30.3 Å². The van der Waals surface area contributed by atoms with Gasteiger partial charge >= 0.3 is 5.97 Å². The lowest BCUT2D eigenvalue weighted by Gasteiger charge is -2.09. The predicted molar refractivity (Wildman–Crippen MR) is 107 cm³/mol. The minimum atomic E-state index is -0.408. The van der Waals surface area contributed by atoms with Crippen LogP contribution in [-0.2, 0) is 27.2 Å². The van der Waals surface area contributed by atoms with Gasteiger partial charge in [0.25, 0.3) is 5.91 Å². The molecule has 27 heavy (non-hydrogen) atoms. The van der Waals surface area contributed by atoms with Crippen LogP contribution >= 0.6 is 23.1 Å². The van der Waals surface area contributed by atoms with Gasteiger partial charge in [0.2, 0.25) is 0 Å². The number of rotatable bonds is 7. The summed E-state index contributed by atoms with van der Waals surface area (Å²) in [5, 5.41) is 12.7. The molecular weight excluding hydrogens is 380 g/mol. The molecular formula is C20H20N2O3S2. The maximum Gasteiger partial charge on any atom is 0.307 e. The van der Waals surface area contributed by atoms with Gasteiger partial charge in [0.1, 0.15) is 11.1 Å². The van der Waals surface area contributed by atoms with Crippen molar-refractivity contribution in [3.8, 4) is 6.07 Å². The second-order valence-electron chi connectivity index (χ2n) is 6.15. The molecule has 0 spiro atoms. The maximum absolute atomic E-state index is 12.1. The molecule has 7 heteroatoms. The average molecular weight is 401 g/mol. The van der Waals surface area contributed by atoms with Crippen LogP contribution in [0, 0.1) is 11.3 Å². The van der Waals surface area contributed by atoms with Crippen LogP contribution in [0.15, 0.2) is 35.2 Å². The summed E-state index contributed by atoms with van der Waals surface area (Å²) in [6.07, 6.45) is 4.27. The molecule has 0 fully saturated rings. The third-order valence-corrected chi connectivity index (χ3v) is 6.44. The number of hydrogen-bond acceptors (Lipinski definition) is 6. The van der Waals surface area contributed by atoms with E-state index in [-0.39, 0.29) is 13.0 Å². The topological polar surface area (TPSA) is 79.2 Å². The van der Waals surface area contributed by atoms with Gasteiger partial charge in [0.15, 0.2) is 6.61 Å². The van der Waals surface area contributed by atoms with Gasteiger partial charge in [-0.15, -0.1) is 23.1 Å². The first kappa shape index (κ1) is 19.5. The van der Waals surface area contributed by atoms with Gasteiger partial charge in [0.05, 0.1) is 12.0 Å². The largest absolute Gasteiger partial charge is 0.456 e. The first-order valence-electron chi connectivity index (χ1n) is 8.85. The van der Waals surface area contributed by atoms with Gasteiger partial charge in [-0.3, -0.25) is 9.59 Å². The van der Waals surface area contributed by atoms with Gasteiger partial charge < -0.3 is 10.1 Å². The van der Waals surface area contributed by atoms with Crippen molar-refractivity contribution in [3.05, 3.63) is 46.3 Å². The molecule has 3 rings (SSSR count). The first-order chi connectivity index (χ1) is 13.2. The number of ether oxygens (including phenoxy) is 1. The molecule has 5 nitrogen and oxygen atoms in total. The normalized spacial score (nSPS) is 12.7. The maximum atomic E-state index is 12.1. The summed E-state index contributed by atoms with van der Waals surface area (Å²) < 4.78 is 5.05. The summed E-state index contributed by atoms with van der Waals surface area (Å²) >= 11 is 3.03. The van der Waals surface area contributed by atoms with Crippen molar-refractivity contribution < 1.29 is 14.3 Å². The number of thiophene rings is 1. The van der Waals surface area contributed by atoms with E-state index in [4.69, 9.17) is 4.74 Å². The number of thioether (sulfide) groups is 1. The number of esters is 1. The molecule has 1 amide bonds. The summed E-state index contributed by atoms with van der Waals surface area (Å²) in [5.41, 5.74) is 1.63. The van der Waals surface area contributed by atoms with Crippen molar-refractivity contribution in [2.75, 3.05) is 17.7 Å². The highest BCUT2D eigenvalue weighted by Gasteiger charge is 2.22. The molecule has 0 saturated heterocycles. The van der Waals surface area contributed by atoms with Crippen LogP contribution in [0.25, 0.3) is 0 Å². The molecule has 140 valence electrons. The van der Waals surface area contributed by atoms with E-state index in [1.54, 1.807) is 11.8 Å². The third-order valence-electron chi connectivity index (χ3n) is 4.22. The fourth-order valence-electron chi connectivity index (χ4n) is 2.92. The number of nitriles is 1. The van der Waals surface area contributed by atoms with Crippen molar-refractivity contribution in [3.63, 3.8) is 0 Å². The van der Waals surface area contributed by atoms with Gasteiger partial charge in [-0.2, -0.15) is 5.26 Å². The summed E-state index contributed by atoms with van der Waals surface area (Å²) in [7, 11) is 0. The number of aryl methyl sites for hydroxylation is 1. The van der Waals surface area contributed by atoms with Crippen LogP contribution in [0.2, 0.25) is 0 Å². The van der Waals surface area contributed by atoms with Crippen molar-refractivity contribution in [2.45, 2.75) is 37.0 Å². The lowest BCUT2D eigenvalue weighted by atomic mass is 9.96. The molecule has 1 heterocycles. The zero-order chi connectivity index (χ0) is 19.1. The second kappa shape index (κ2) is 9.58. The Labute approximate surface area is 166 Å². The number of nitrogens with one attached hydrogen (secondary N) is 1. The Bertz CT molecular complexity index is 856. The molecule has 0 bridgehead atoms. The number of benzene rings is 1. The zero-order valence-electron chi connectivity index (χ0n) is 14.8. The highest BCUT2D eigenvalue weighted by atomic mass is 32.2. The Kier molecular flexibility index (Phi) is 6.91. The van der Waals surface area contributed by atoms with Crippen LogP contribution < -0.4 is 5.32 Å². The average Bonchev–Trinajstić information content (AvgIpc) is 3.04. The summed E-state index contributed by atoms with van der Waals surface area (Å²) in [5.74, 6) is -0.213. The quantitative estimate of drug-likeness (QED) is 0.558. The minimum Gasteiger partial charge on any atom is -0.456 e. The van der Waals surface area contributed by atoms with Gasteiger partial charge in [0, 0.05) is 15.5 Å². The molecule has 1 aliphatic carbocycles. The van der Waals surface area contributed by atoms with E-state index < -0.39 is 11.9 Å². The van der Waals surface area contributed by atoms with Crippen LogP contribution in [0.4, 0.5) is 5.00 Å². The molecule has 1 aromatic carbocycles. The number of anilines is 1.